The number of carbonyl (C=O) groups is 4. The predicted octanol–water partition coefficient (Wildman–Crippen LogP) is 0.289. The minimum absolute atomic E-state index is 0.00736. The molecule has 6 rings (SSSR count). The lowest BCUT2D eigenvalue weighted by molar-refractivity contribution is 0.0707. The molecule has 6 aromatic rings. The van der Waals surface area contributed by atoms with Gasteiger partial charge in [0.2, 0.25) is 0 Å². The van der Waals surface area contributed by atoms with Crippen molar-refractivity contribution in [3.05, 3.63) is 209 Å². The third kappa shape index (κ3) is 14.6. The zero-order valence-corrected chi connectivity index (χ0v) is 39.0. The van der Waals surface area contributed by atoms with E-state index in [9.17, 15) is 38.4 Å². The predicted molar refractivity (Wildman–Crippen MR) is 260 cm³/mol. The van der Waals surface area contributed by atoms with Crippen LogP contribution in [0.1, 0.15) is 53.1 Å². The maximum Gasteiger partial charge on any atom is 0.283 e. The molecule has 0 spiro atoms. The second-order valence-corrected chi connectivity index (χ2v) is 15.9. The molecule has 2 aromatic carbocycles. The van der Waals surface area contributed by atoms with E-state index >= 15 is 0 Å². The maximum atomic E-state index is 13.6. The van der Waals surface area contributed by atoms with E-state index in [1.54, 1.807) is 12.1 Å². The lowest BCUT2D eigenvalue weighted by Crippen LogP contribution is -2.46. The van der Waals surface area contributed by atoms with Gasteiger partial charge in [0.1, 0.15) is 36.0 Å². The van der Waals surface area contributed by atoms with E-state index in [-0.39, 0.29) is 86.4 Å². The van der Waals surface area contributed by atoms with Crippen LogP contribution in [0.5, 0.6) is 0 Å². The largest absolute Gasteiger partial charge is 0.405 e. The Hall–Kier alpha value is -8.36. The first-order chi connectivity index (χ1) is 33.9. The molecule has 0 radical (unpaired) electrons. The number of amides is 4. The van der Waals surface area contributed by atoms with Gasteiger partial charge in [0.05, 0.1) is 0 Å². The van der Waals surface area contributed by atoms with Gasteiger partial charge in [-0.3, -0.25) is 48.2 Å². The first-order valence-electron chi connectivity index (χ1n) is 22.6. The van der Waals surface area contributed by atoms with Crippen LogP contribution in [0.15, 0.2) is 153 Å². The Morgan fingerprint density at radius 3 is 1.03 bits per heavy atom. The third-order valence-electron chi connectivity index (χ3n) is 11.1. The summed E-state index contributed by atoms with van der Waals surface area (Å²) in [4.78, 5) is 119. The normalized spacial score (nSPS) is 11.0. The zero-order valence-electron chi connectivity index (χ0n) is 39.0. The van der Waals surface area contributed by atoms with E-state index in [1.165, 1.54) is 83.9 Å². The summed E-state index contributed by atoms with van der Waals surface area (Å²) in [7, 11) is 3.01. The molecular weight excluding hydrogens is 901 g/mol. The molecular formula is C50H56N10O10. The number of carbonyl (C=O) groups excluding carboxylic acids is 4. The average Bonchev–Trinajstić information content (AvgIpc) is 3.36. The Morgan fingerprint density at radius 2 is 0.686 bits per heavy atom. The Labute approximate surface area is 402 Å². The second kappa shape index (κ2) is 25.7. The van der Waals surface area contributed by atoms with Crippen molar-refractivity contribution in [2.24, 2.45) is 14.1 Å². The van der Waals surface area contributed by atoms with Gasteiger partial charge in [0.25, 0.3) is 45.9 Å². The summed E-state index contributed by atoms with van der Waals surface area (Å²) < 4.78 is 4.40. The molecule has 0 aliphatic rings. The van der Waals surface area contributed by atoms with Gasteiger partial charge < -0.3 is 40.1 Å². The number of hydrogen-bond donors (Lipinski definition) is 4. The molecule has 0 unspecified atom stereocenters. The van der Waals surface area contributed by atoms with Crippen molar-refractivity contribution in [1.29, 1.82) is 0 Å². The van der Waals surface area contributed by atoms with E-state index in [4.69, 9.17) is 9.68 Å². The molecule has 0 fully saturated rings. The molecule has 4 aromatic heterocycles. The van der Waals surface area contributed by atoms with E-state index in [2.05, 4.69) is 21.3 Å². The lowest BCUT2D eigenvalue weighted by Gasteiger charge is -2.28. The summed E-state index contributed by atoms with van der Waals surface area (Å²) in [6, 6.07) is 35.7. The number of benzene rings is 2. The summed E-state index contributed by atoms with van der Waals surface area (Å²) in [6.45, 7) is 2.56. The molecule has 20 heteroatoms. The van der Waals surface area contributed by atoms with Crippen LogP contribution in [0.3, 0.4) is 0 Å². The Bertz CT molecular complexity index is 2770. The number of pyridine rings is 4. The fourth-order valence-electron chi connectivity index (χ4n) is 7.19. The fourth-order valence-corrected chi connectivity index (χ4v) is 7.19. The van der Waals surface area contributed by atoms with Gasteiger partial charge in [-0.2, -0.15) is 0 Å². The molecule has 4 heterocycles. The SMILES string of the molecule is Cn1c(C(=O)NCCN(CCNC(=O)c2cccc(=O)n2C)CCN(CCNC(=O)c2cccc(=O)n2OCc2ccccc2)CCNC(=O)c2cccc(=O)n2OCc2ccccc2)cccc1=O. The van der Waals surface area contributed by atoms with Crippen LogP contribution >= 0.6 is 0 Å². The molecule has 0 aliphatic carbocycles. The summed E-state index contributed by atoms with van der Waals surface area (Å²) in [5.74, 6) is -2.02. The van der Waals surface area contributed by atoms with Crippen LogP contribution < -0.4 is 53.2 Å². The topological polar surface area (TPSA) is 229 Å². The van der Waals surface area contributed by atoms with E-state index in [1.807, 2.05) is 70.5 Å². The number of nitrogens with zero attached hydrogens (tertiary/aromatic N) is 6. The molecule has 366 valence electrons. The average molecular weight is 957 g/mol. The van der Waals surface area contributed by atoms with Crippen molar-refractivity contribution in [3.8, 4) is 0 Å². The van der Waals surface area contributed by atoms with Gasteiger partial charge in [0, 0.05) is 104 Å². The number of nitrogens with one attached hydrogen (secondary N) is 4. The van der Waals surface area contributed by atoms with Crippen molar-refractivity contribution in [1.82, 2.24) is 49.7 Å². The van der Waals surface area contributed by atoms with Crippen LogP contribution in [0.25, 0.3) is 0 Å². The van der Waals surface area contributed by atoms with Gasteiger partial charge in [0.15, 0.2) is 0 Å². The third-order valence-corrected chi connectivity index (χ3v) is 11.1. The fraction of sp³-hybridized carbons (Fsp3) is 0.280. The molecule has 4 N–H and O–H groups in total. The van der Waals surface area contributed by atoms with Crippen molar-refractivity contribution in [2.45, 2.75) is 13.2 Å². The van der Waals surface area contributed by atoms with Crippen LogP contribution in [-0.2, 0) is 27.3 Å². The first-order valence-corrected chi connectivity index (χ1v) is 22.6. The Balaban J connectivity index is 1.15. The molecule has 0 bridgehead atoms. The summed E-state index contributed by atoms with van der Waals surface area (Å²) >= 11 is 0. The minimum Gasteiger partial charge on any atom is -0.405 e. The summed E-state index contributed by atoms with van der Waals surface area (Å²) in [5, 5.41) is 11.5. The van der Waals surface area contributed by atoms with E-state index in [0.29, 0.717) is 26.2 Å². The van der Waals surface area contributed by atoms with Crippen LogP contribution in [0, 0.1) is 0 Å². The first kappa shape index (κ1) is 51.0. The molecule has 0 saturated carbocycles. The van der Waals surface area contributed by atoms with Crippen molar-refractivity contribution < 1.29 is 28.9 Å². The number of rotatable bonds is 25. The van der Waals surface area contributed by atoms with Gasteiger partial charge in [-0.1, -0.05) is 84.9 Å². The van der Waals surface area contributed by atoms with Crippen LogP contribution in [0.2, 0.25) is 0 Å². The minimum atomic E-state index is -0.559. The van der Waals surface area contributed by atoms with E-state index in [0.717, 1.165) is 20.6 Å². The van der Waals surface area contributed by atoms with Crippen molar-refractivity contribution >= 4 is 23.6 Å². The van der Waals surface area contributed by atoms with Crippen LogP contribution in [-0.4, -0.2) is 117 Å². The summed E-state index contributed by atoms with van der Waals surface area (Å²) in [5.41, 5.74) is 0.224. The molecule has 20 nitrogen and oxygen atoms in total. The molecule has 0 saturated heterocycles. The van der Waals surface area contributed by atoms with Crippen molar-refractivity contribution in [3.63, 3.8) is 0 Å². The standard InChI is InChI=1S/C50H56N10O10/c1-55-39(17-9-21-43(55)61)47(65)51-25-29-57(30-26-52-48(66)40-18-10-22-44(62)56(40)2)33-34-58(31-27-53-49(67)41-19-11-23-45(63)59(41)69-35-37-13-5-3-6-14-37)32-28-54-50(68)42-20-12-24-46(64)60(42)70-36-38-15-7-4-8-16-38/h3-24H,25-36H2,1-2H3,(H,51,65)(H,52,66)(H,53,67)(H,54,68). The highest BCUT2D eigenvalue weighted by Gasteiger charge is 2.19. The smallest absolute Gasteiger partial charge is 0.283 e. The Morgan fingerprint density at radius 1 is 0.386 bits per heavy atom. The second-order valence-electron chi connectivity index (χ2n) is 15.9. The monoisotopic (exact) mass is 956 g/mol. The van der Waals surface area contributed by atoms with Crippen molar-refractivity contribution in [2.75, 3.05) is 65.4 Å². The maximum absolute atomic E-state index is 13.6. The van der Waals surface area contributed by atoms with Gasteiger partial charge in [-0.15, -0.1) is 9.46 Å². The number of aromatic nitrogens is 4. The Kier molecular flexibility index (Phi) is 18.7. The van der Waals surface area contributed by atoms with Crippen LogP contribution in [0.4, 0.5) is 0 Å². The quantitative estimate of drug-likeness (QED) is 0.0608. The lowest BCUT2D eigenvalue weighted by atomic mass is 10.2. The van der Waals surface area contributed by atoms with Gasteiger partial charge in [-0.25, -0.2) is 0 Å². The molecule has 70 heavy (non-hydrogen) atoms. The zero-order chi connectivity index (χ0) is 49.8. The molecule has 0 aliphatic heterocycles. The molecule has 4 amide bonds. The molecule has 0 atom stereocenters. The summed E-state index contributed by atoms with van der Waals surface area (Å²) in [6.07, 6.45) is 0. The highest BCUT2D eigenvalue weighted by Crippen LogP contribution is 2.04. The number of hydrogen-bond acceptors (Lipinski definition) is 12. The van der Waals surface area contributed by atoms with E-state index < -0.39 is 34.7 Å². The van der Waals surface area contributed by atoms with Gasteiger partial charge >= 0.3 is 0 Å². The highest BCUT2D eigenvalue weighted by molar-refractivity contribution is 5.93. The highest BCUT2D eigenvalue weighted by atomic mass is 16.7. The van der Waals surface area contributed by atoms with Gasteiger partial charge in [-0.05, 0) is 35.4 Å².